The van der Waals surface area contributed by atoms with Crippen molar-refractivity contribution in [2.24, 2.45) is 0 Å². The van der Waals surface area contributed by atoms with Crippen LogP contribution in [0.2, 0.25) is 0 Å². The first-order chi connectivity index (χ1) is 10.0. The van der Waals surface area contributed by atoms with E-state index in [1.807, 2.05) is 6.07 Å². The van der Waals surface area contributed by atoms with Crippen molar-refractivity contribution in [3.8, 4) is 0 Å². The van der Waals surface area contributed by atoms with Crippen LogP contribution in [0.5, 0.6) is 0 Å². The topological polar surface area (TPSA) is 12.0 Å². The average Bonchev–Trinajstić information content (AvgIpc) is 2.45. The summed E-state index contributed by atoms with van der Waals surface area (Å²) in [6, 6.07) is 8.22. The van der Waals surface area contributed by atoms with Crippen LogP contribution in [0.4, 0.5) is 18.9 Å². The summed E-state index contributed by atoms with van der Waals surface area (Å²) in [5.74, 6) is -3.77. The number of halogens is 4. The van der Waals surface area contributed by atoms with E-state index in [0.29, 0.717) is 0 Å². The molecule has 0 fully saturated rings. The van der Waals surface area contributed by atoms with Crippen LogP contribution in [0.25, 0.3) is 0 Å². The Balaban J connectivity index is 1.77. The first kappa shape index (κ1) is 14.4. The first-order valence-corrected chi connectivity index (χ1v) is 7.50. The summed E-state index contributed by atoms with van der Waals surface area (Å²) >= 11 is 3.45. The number of nitrogens with one attached hydrogen (secondary N) is 1. The number of benzene rings is 2. The molecule has 0 heterocycles. The zero-order chi connectivity index (χ0) is 15.0. The minimum Gasteiger partial charge on any atom is -0.382 e. The van der Waals surface area contributed by atoms with Crippen molar-refractivity contribution in [2.75, 3.05) is 5.32 Å². The van der Waals surface area contributed by atoms with Gasteiger partial charge in [0.2, 0.25) is 0 Å². The van der Waals surface area contributed by atoms with Gasteiger partial charge in [0.25, 0.3) is 0 Å². The third kappa shape index (κ3) is 3.07. The van der Waals surface area contributed by atoms with Gasteiger partial charge in [0.05, 0.1) is 0 Å². The van der Waals surface area contributed by atoms with E-state index in [1.165, 1.54) is 11.1 Å². The summed E-state index contributed by atoms with van der Waals surface area (Å²) in [5.41, 5.74) is 2.79. The fourth-order valence-electron chi connectivity index (χ4n) is 2.72. The summed E-state index contributed by atoms with van der Waals surface area (Å²) in [5, 5.41) is 3.09. The van der Waals surface area contributed by atoms with Gasteiger partial charge in [0.15, 0.2) is 17.5 Å². The summed E-state index contributed by atoms with van der Waals surface area (Å²) in [6.07, 6.45) is 2.55. The maximum atomic E-state index is 13.2. The maximum Gasteiger partial charge on any atom is 0.194 e. The van der Waals surface area contributed by atoms with Crippen molar-refractivity contribution >= 4 is 21.6 Å². The highest BCUT2D eigenvalue weighted by Gasteiger charge is 2.20. The lowest BCUT2D eigenvalue weighted by molar-refractivity contribution is 0.447. The van der Waals surface area contributed by atoms with Crippen molar-refractivity contribution in [3.05, 3.63) is 63.4 Å². The highest BCUT2D eigenvalue weighted by Crippen LogP contribution is 2.27. The summed E-state index contributed by atoms with van der Waals surface area (Å²) in [7, 11) is 0. The SMILES string of the molecule is Fc1cc(NC2CCc3cc(Br)ccc3C2)cc(F)c1F. The molecular formula is C16H13BrF3N. The van der Waals surface area contributed by atoms with Gasteiger partial charge in [0, 0.05) is 28.3 Å². The minimum atomic E-state index is -1.43. The Morgan fingerprint density at radius 2 is 1.71 bits per heavy atom. The van der Waals surface area contributed by atoms with Gasteiger partial charge >= 0.3 is 0 Å². The molecule has 0 saturated heterocycles. The number of rotatable bonds is 2. The molecule has 1 aliphatic rings. The van der Waals surface area contributed by atoms with Crippen LogP contribution in [0, 0.1) is 17.5 Å². The van der Waals surface area contributed by atoms with Crippen molar-refractivity contribution in [1.82, 2.24) is 0 Å². The lowest BCUT2D eigenvalue weighted by atomic mass is 9.88. The van der Waals surface area contributed by atoms with Crippen molar-refractivity contribution < 1.29 is 13.2 Å². The smallest absolute Gasteiger partial charge is 0.194 e. The van der Waals surface area contributed by atoms with Crippen molar-refractivity contribution in [1.29, 1.82) is 0 Å². The van der Waals surface area contributed by atoms with Crippen LogP contribution in [0.3, 0.4) is 0 Å². The number of anilines is 1. The molecule has 1 nitrogen and oxygen atoms in total. The molecule has 0 aromatic heterocycles. The highest BCUT2D eigenvalue weighted by atomic mass is 79.9. The summed E-state index contributed by atoms with van der Waals surface area (Å²) in [6.45, 7) is 0. The number of hydrogen-bond donors (Lipinski definition) is 1. The predicted octanol–water partition coefficient (Wildman–Crippen LogP) is 4.84. The third-order valence-corrected chi connectivity index (χ3v) is 4.24. The predicted molar refractivity (Wildman–Crippen MR) is 79.9 cm³/mol. The Labute approximate surface area is 129 Å². The van der Waals surface area contributed by atoms with E-state index in [4.69, 9.17) is 0 Å². The molecule has 21 heavy (non-hydrogen) atoms. The van der Waals surface area contributed by atoms with E-state index in [0.717, 1.165) is 35.9 Å². The van der Waals surface area contributed by atoms with Gasteiger partial charge in [-0.25, -0.2) is 13.2 Å². The van der Waals surface area contributed by atoms with Crippen LogP contribution in [-0.4, -0.2) is 6.04 Å². The second kappa shape index (κ2) is 5.72. The van der Waals surface area contributed by atoms with E-state index in [-0.39, 0.29) is 11.7 Å². The largest absolute Gasteiger partial charge is 0.382 e. The van der Waals surface area contributed by atoms with Crippen LogP contribution in [-0.2, 0) is 12.8 Å². The van der Waals surface area contributed by atoms with E-state index in [1.54, 1.807) is 0 Å². The molecule has 2 aromatic carbocycles. The lowest BCUT2D eigenvalue weighted by Gasteiger charge is -2.26. The Hall–Kier alpha value is -1.49. The molecule has 0 spiro atoms. The zero-order valence-corrected chi connectivity index (χ0v) is 12.7. The van der Waals surface area contributed by atoms with Crippen LogP contribution >= 0.6 is 15.9 Å². The second-order valence-electron chi connectivity index (χ2n) is 5.25. The normalized spacial score (nSPS) is 17.4. The second-order valence-corrected chi connectivity index (χ2v) is 6.17. The Kier molecular flexibility index (Phi) is 3.93. The molecule has 0 bridgehead atoms. The average molecular weight is 356 g/mol. The van der Waals surface area contributed by atoms with E-state index in [9.17, 15) is 13.2 Å². The van der Waals surface area contributed by atoms with Gasteiger partial charge in [-0.05, 0) is 42.5 Å². The van der Waals surface area contributed by atoms with Gasteiger partial charge in [-0.2, -0.15) is 0 Å². The van der Waals surface area contributed by atoms with E-state index in [2.05, 4.69) is 33.4 Å². The van der Waals surface area contributed by atoms with Crippen LogP contribution in [0.15, 0.2) is 34.8 Å². The number of aryl methyl sites for hydroxylation is 1. The van der Waals surface area contributed by atoms with E-state index < -0.39 is 17.5 Å². The molecule has 1 unspecified atom stereocenters. The summed E-state index contributed by atoms with van der Waals surface area (Å²) < 4.78 is 40.4. The highest BCUT2D eigenvalue weighted by molar-refractivity contribution is 9.10. The molecular weight excluding hydrogens is 343 g/mol. The quantitative estimate of drug-likeness (QED) is 0.760. The molecule has 5 heteroatoms. The number of hydrogen-bond acceptors (Lipinski definition) is 1. The molecule has 1 atom stereocenters. The van der Waals surface area contributed by atoms with Gasteiger partial charge < -0.3 is 5.32 Å². The minimum absolute atomic E-state index is 0.0861. The van der Waals surface area contributed by atoms with Gasteiger partial charge in [-0.15, -0.1) is 0 Å². The van der Waals surface area contributed by atoms with E-state index >= 15 is 0 Å². The van der Waals surface area contributed by atoms with Crippen LogP contribution in [0.1, 0.15) is 17.5 Å². The van der Waals surface area contributed by atoms with Gasteiger partial charge in [-0.1, -0.05) is 22.0 Å². The molecule has 3 rings (SSSR count). The molecule has 1 aliphatic carbocycles. The molecule has 1 N–H and O–H groups in total. The third-order valence-electron chi connectivity index (χ3n) is 3.75. The molecule has 0 amide bonds. The maximum absolute atomic E-state index is 13.2. The lowest BCUT2D eigenvalue weighted by Crippen LogP contribution is -2.27. The molecule has 0 radical (unpaired) electrons. The fourth-order valence-corrected chi connectivity index (χ4v) is 3.13. The molecule has 0 aliphatic heterocycles. The zero-order valence-electron chi connectivity index (χ0n) is 11.1. The Morgan fingerprint density at radius 1 is 1.00 bits per heavy atom. The van der Waals surface area contributed by atoms with Crippen molar-refractivity contribution in [3.63, 3.8) is 0 Å². The molecule has 110 valence electrons. The monoisotopic (exact) mass is 355 g/mol. The summed E-state index contributed by atoms with van der Waals surface area (Å²) in [4.78, 5) is 0. The van der Waals surface area contributed by atoms with Crippen LogP contribution < -0.4 is 5.32 Å². The number of fused-ring (bicyclic) bond motifs is 1. The molecule has 0 saturated carbocycles. The Morgan fingerprint density at radius 3 is 2.43 bits per heavy atom. The fraction of sp³-hybridized carbons (Fsp3) is 0.250. The van der Waals surface area contributed by atoms with Gasteiger partial charge in [-0.3, -0.25) is 0 Å². The van der Waals surface area contributed by atoms with Gasteiger partial charge in [0.1, 0.15) is 0 Å². The Bertz CT molecular complexity index is 664. The first-order valence-electron chi connectivity index (χ1n) is 6.71. The molecule has 2 aromatic rings. The standard InChI is InChI=1S/C16H13BrF3N/c17-11-3-1-10-6-12(4-2-9(10)5-11)21-13-7-14(18)16(20)15(19)8-13/h1,3,5,7-8,12,21H,2,4,6H2. The van der Waals surface area contributed by atoms with Crippen molar-refractivity contribution in [2.45, 2.75) is 25.3 Å².